The first-order valence-electron chi connectivity index (χ1n) is 9.96. The van der Waals surface area contributed by atoms with E-state index in [0.717, 1.165) is 17.0 Å². The minimum absolute atomic E-state index is 0.0437. The smallest absolute Gasteiger partial charge is 0.282 e. The average Bonchev–Trinajstić information content (AvgIpc) is 3.08. The van der Waals surface area contributed by atoms with Crippen molar-refractivity contribution in [1.82, 2.24) is 0 Å². The van der Waals surface area contributed by atoms with Gasteiger partial charge < -0.3 is 14.4 Å². The van der Waals surface area contributed by atoms with Crippen LogP contribution in [0.3, 0.4) is 0 Å². The maximum atomic E-state index is 14.6. The summed E-state index contributed by atoms with van der Waals surface area (Å²) in [6.07, 6.45) is 0. The summed E-state index contributed by atoms with van der Waals surface area (Å²) in [7, 11) is 4.57. The highest BCUT2D eigenvalue weighted by molar-refractivity contribution is 6.46. The molecule has 3 aromatic carbocycles. The van der Waals surface area contributed by atoms with Gasteiger partial charge in [-0.3, -0.25) is 9.59 Å². The molecule has 1 aliphatic rings. The average molecular weight is 450 g/mol. The van der Waals surface area contributed by atoms with E-state index in [1.165, 1.54) is 14.2 Å². The molecule has 33 heavy (non-hydrogen) atoms. The van der Waals surface area contributed by atoms with Gasteiger partial charge >= 0.3 is 0 Å². The van der Waals surface area contributed by atoms with Crippen LogP contribution in [0.1, 0.15) is 5.56 Å². The molecule has 0 N–H and O–H groups in total. The fraction of sp³-hybridized carbons (Fsp3) is 0.120. The second-order valence-corrected chi connectivity index (χ2v) is 7.23. The first kappa shape index (κ1) is 22.0. The number of para-hydroxylation sites is 1. The van der Waals surface area contributed by atoms with Crippen molar-refractivity contribution in [3.8, 4) is 11.5 Å². The minimum Gasteiger partial charge on any atom is -0.493 e. The van der Waals surface area contributed by atoms with Gasteiger partial charge in [-0.25, -0.2) is 13.7 Å². The number of anilines is 2. The van der Waals surface area contributed by atoms with E-state index in [0.29, 0.717) is 28.8 Å². The number of imide groups is 1. The van der Waals surface area contributed by atoms with Crippen LogP contribution in [0.15, 0.2) is 72.4 Å². The molecule has 3 aromatic rings. The fourth-order valence-corrected chi connectivity index (χ4v) is 3.74. The summed E-state index contributed by atoms with van der Waals surface area (Å²) in [4.78, 5) is 29.3. The first-order valence-corrected chi connectivity index (χ1v) is 9.96. The molecule has 0 saturated carbocycles. The second kappa shape index (κ2) is 8.74. The Bertz CT molecular complexity index is 1270. The van der Waals surface area contributed by atoms with Gasteiger partial charge in [0.2, 0.25) is 0 Å². The van der Waals surface area contributed by atoms with Crippen molar-refractivity contribution >= 4 is 28.8 Å². The number of ether oxygens (including phenoxy) is 2. The van der Waals surface area contributed by atoms with E-state index in [2.05, 4.69) is 0 Å². The van der Waals surface area contributed by atoms with Crippen molar-refractivity contribution in [1.29, 1.82) is 0 Å². The number of rotatable bonds is 6. The number of methoxy groups -OCH3 is 2. The van der Waals surface area contributed by atoms with E-state index in [9.17, 15) is 18.4 Å². The number of halogens is 2. The van der Waals surface area contributed by atoms with Gasteiger partial charge in [0.15, 0.2) is 11.5 Å². The fourth-order valence-electron chi connectivity index (χ4n) is 3.74. The van der Waals surface area contributed by atoms with Gasteiger partial charge in [0.25, 0.3) is 11.8 Å². The molecule has 0 atom stereocenters. The zero-order valence-corrected chi connectivity index (χ0v) is 18.1. The van der Waals surface area contributed by atoms with Gasteiger partial charge in [-0.2, -0.15) is 0 Å². The Morgan fingerprint density at radius 3 is 2.15 bits per heavy atom. The number of likely N-dealkylation sites (N-methyl/N-ethyl adjacent to an activating group) is 1. The van der Waals surface area contributed by atoms with E-state index in [4.69, 9.17) is 9.47 Å². The van der Waals surface area contributed by atoms with Crippen molar-refractivity contribution in [2.24, 2.45) is 0 Å². The SMILES string of the molecule is COc1ccc(C2=C(N(C)c3ccccc3)C(=O)N(c3ccc(F)cc3F)C2=O)cc1OC. The van der Waals surface area contributed by atoms with Crippen molar-refractivity contribution in [2.75, 3.05) is 31.1 Å². The molecular formula is C25H20F2N2O4. The van der Waals surface area contributed by atoms with Crippen molar-refractivity contribution < 1.29 is 27.8 Å². The predicted molar refractivity (Wildman–Crippen MR) is 120 cm³/mol. The summed E-state index contributed by atoms with van der Waals surface area (Å²) in [6, 6.07) is 16.5. The lowest BCUT2D eigenvalue weighted by Gasteiger charge is -2.21. The number of amides is 2. The predicted octanol–water partition coefficient (Wildman–Crippen LogP) is 4.40. The Kier molecular flexibility index (Phi) is 5.83. The summed E-state index contributed by atoms with van der Waals surface area (Å²) in [5.74, 6) is -2.51. The second-order valence-electron chi connectivity index (χ2n) is 7.23. The number of carbonyl (C=O) groups is 2. The zero-order valence-electron chi connectivity index (χ0n) is 18.1. The van der Waals surface area contributed by atoms with Crippen LogP contribution in [0, 0.1) is 11.6 Å². The molecule has 1 aliphatic heterocycles. The lowest BCUT2D eigenvalue weighted by atomic mass is 10.0. The highest BCUT2D eigenvalue weighted by Gasteiger charge is 2.43. The Morgan fingerprint density at radius 2 is 1.52 bits per heavy atom. The molecule has 0 aromatic heterocycles. The Balaban J connectivity index is 1.92. The summed E-state index contributed by atoms with van der Waals surface area (Å²) in [5, 5.41) is 0. The molecule has 4 rings (SSSR count). The van der Waals surface area contributed by atoms with E-state index >= 15 is 0 Å². The van der Waals surface area contributed by atoms with Gasteiger partial charge in [0, 0.05) is 18.8 Å². The zero-order chi connectivity index (χ0) is 23.7. The first-order chi connectivity index (χ1) is 15.9. The molecule has 0 unspecified atom stereocenters. The molecule has 6 nitrogen and oxygen atoms in total. The maximum Gasteiger partial charge on any atom is 0.282 e. The quantitative estimate of drug-likeness (QED) is 0.521. The van der Waals surface area contributed by atoms with E-state index in [-0.39, 0.29) is 17.0 Å². The Hall–Kier alpha value is -4.20. The third-order valence-corrected chi connectivity index (χ3v) is 5.36. The van der Waals surface area contributed by atoms with Crippen LogP contribution in [0.2, 0.25) is 0 Å². The van der Waals surface area contributed by atoms with Crippen LogP contribution < -0.4 is 19.3 Å². The van der Waals surface area contributed by atoms with Gasteiger partial charge in [-0.05, 0) is 42.0 Å². The molecule has 168 valence electrons. The van der Waals surface area contributed by atoms with Crippen molar-refractivity contribution in [3.05, 3.63) is 89.6 Å². The van der Waals surface area contributed by atoms with E-state index < -0.39 is 23.4 Å². The Labute approximate surface area is 189 Å². The molecule has 0 radical (unpaired) electrons. The van der Waals surface area contributed by atoms with E-state index in [1.54, 1.807) is 54.4 Å². The molecule has 8 heteroatoms. The third kappa shape index (κ3) is 3.80. The number of benzene rings is 3. The number of nitrogens with zero attached hydrogens (tertiary/aromatic N) is 2. The van der Waals surface area contributed by atoms with E-state index in [1.807, 2.05) is 6.07 Å². The standard InChI is InChI=1S/C25H20F2N2O4/c1-28(17-7-5-4-6-8-17)23-22(15-9-12-20(32-2)21(13-15)33-3)24(30)29(25(23)31)19-11-10-16(26)14-18(19)27/h4-14H,1-3H3. The molecule has 0 bridgehead atoms. The van der Waals surface area contributed by atoms with Crippen molar-refractivity contribution in [3.63, 3.8) is 0 Å². The van der Waals surface area contributed by atoms with Gasteiger partial charge in [-0.15, -0.1) is 0 Å². The highest BCUT2D eigenvalue weighted by atomic mass is 19.1. The topological polar surface area (TPSA) is 59.1 Å². The number of carbonyl (C=O) groups excluding carboxylic acids is 2. The highest BCUT2D eigenvalue weighted by Crippen LogP contribution is 2.39. The molecule has 0 aliphatic carbocycles. The molecule has 0 spiro atoms. The summed E-state index contributed by atoms with van der Waals surface area (Å²) in [5.41, 5.74) is 0.792. The normalized spacial score (nSPS) is 13.5. The van der Waals surface area contributed by atoms with Gasteiger partial charge in [-0.1, -0.05) is 24.3 Å². The Morgan fingerprint density at radius 1 is 0.818 bits per heavy atom. The third-order valence-electron chi connectivity index (χ3n) is 5.36. The minimum atomic E-state index is -1.02. The van der Waals surface area contributed by atoms with Crippen LogP contribution in [-0.2, 0) is 9.59 Å². The maximum absolute atomic E-state index is 14.6. The molecule has 0 fully saturated rings. The largest absolute Gasteiger partial charge is 0.493 e. The van der Waals surface area contributed by atoms with Crippen molar-refractivity contribution in [2.45, 2.75) is 0 Å². The lowest BCUT2D eigenvalue weighted by Crippen LogP contribution is -2.34. The molecule has 0 saturated heterocycles. The van der Waals surface area contributed by atoms with Crippen LogP contribution in [-0.4, -0.2) is 33.1 Å². The monoisotopic (exact) mass is 450 g/mol. The summed E-state index contributed by atoms with van der Waals surface area (Å²) in [6.45, 7) is 0. The molecule has 2 amide bonds. The number of hydrogen-bond donors (Lipinski definition) is 0. The van der Waals surface area contributed by atoms with Crippen LogP contribution in [0.4, 0.5) is 20.2 Å². The van der Waals surface area contributed by atoms with Crippen LogP contribution >= 0.6 is 0 Å². The van der Waals surface area contributed by atoms with Gasteiger partial charge in [0.1, 0.15) is 17.3 Å². The van der Waals surface area contributed by atoms with Crippen LogP contribution in [0.25, 0.3) is 5.57 Å². The molecular weight excluding hydrogens is 430 g/mol. The lowest BCUT2D eigenvalue weighted by molar-refractivity contribution is -0.120. The summed E-state index contributed by atoms with van der Waals surface area (Å²) < 4.78 is 38.7. The summed E-state index contributed by atoms with van der Waals surface area (Å²) >= 11 is 0. The van der Waals surface area contributed by atoms with Crippen LogP contribution in [0.5, 0.6) is 11.5 Å². The van der Waals surface area contributed by atoms with Gasteiger partial charge in [0.05, 0.1) is 25.5 Å². The molecule has 1 heterocycles. The number of hydrogen-bond acceptors (Lipinski definition) is 5.